The minimum atomic E-state index is -0.486. The smallest absolute Gasteiger partial charge is 0.161 e. The minimum absolute atomic E-state index is 0.282. The monoisotopic (exact) mass is 319 g/mol. The van der Waals surface area contributed by atoms with Crippen LogP contribution < -0.4 is 9.47 Å². The minimum Gasteiger partial charge on any atom is -0.493 e. The van der Waals surface area contributed by atoms with E-state index in [1.165, 1.54) is 12.8 Å². The van der Waals surface area contributed by atoms with E-state index in [9.17, 15) is 5.11 Å². The van der Waals surface area contributed by atoms with Crippen molar-refractivity contribution in [1.82, 2.24) is 4.90 Å². The Kier molecular flexibility index (Phi) is 6.93. The molecule has 1 heterocycles. The summed E-state index contributed by atoms with van der Waals surface area (Å²) in [6.45, 7) is 7.34. The van der Waals surface area contributed by atoms with Crippen LogP contribution >= 0.6 is 0 Å². The van der Waals surface area contributed by atoms with Gasteiger partial charge in [0.1, 0.15) is 12.7 Å². The molecule has 0 saturated carbocycles. The molecule has 0 spiro atoms. The molecule has 1 aliphatic heterocycles. The predicted molar refractivity (Wildman–Crippen MR) is 94.0 cm³/mol. The number of β-amino-alcohol motifs (C(OH)–C–C–N with tert-alkyl or cyclic N) is 1. The molecule has 0 amide bonds. The van der Waals surface area contributed by atoms with Crippen LogP contribution in [-0.2, 0) is 0 Å². The molecule has 4 heteroatoms. The van der Waals surface area contributed by atoms with Crippen LogP contribution in [0.2, 0.25) is 0 Å². The summed E-state index contributed by atoms with van der Waals surface area (Å²) in [5.74, 6) is 2.09. The normalized spacial score (nSPS) is 20.6. The lowest BCUT2D eigenvalue weighted by molar-refractivity contribution is 0.0530. The summed E-state index contributed by atoms with van der Waals surface area (Å²) in [6, 6.07) is 5.81. The van der Waals surface area contributed by atoms with Crippen molar-refractivity contribution < 1.29 is 14.6 Å². The molecule has 0 aromatic heterocycles. The van der Waals surface area contributed by atoms with Crippen LogP contribution in [0.5, 0.6) is 11.5 Å². The molecule has 2 atom stereocenters. The Labute approximate surface area is 139 Å². The number of aliphatic hydroxyl groups excluding tert-OH is 1. The van der Waals surface area contributed by atoms with Crippen molar-refractivity contribution in [2.45, 2.75) is 32.8 Å². The zero-order valence-electron chi connectivity index (χ0n) is 14.5. The molecular formula is C19H29NO3. The largest absolute Gasteiger partial charge is 0.493 e. The average molecular weight is 319 g/mol. The number of allylic oxidation sites excluding steroid dienone is 1. The van der Waals surface area contributed by atoms with E-state index < -0.39 is 6.10 Å². The van der Waals surface area contributed by atoms with Gasteiger partial charge in [-0.25, -0.2) is 0 Å². The molecule has 1 fully saturated rings. The van der Waals surface area contributed by atoms with E-state index in [2.05, 4.69) is 11.8 Å². The maximum atomic E-state index is 10.2. The second-order valence-corrected chi connectivity index (χ2v) is 6.38. The molecule has 0 bridgehead atoms. The van der Waals surface area contributed by atoms with Crippen molar-refractivity contribution in [1.29, 1.82) is 0 Å². The fraction of sp³-hybridized carbons (Fsp3) is 0.579. The van der Waals surface area contributed by atoms with Gasteiger partial charge in [-0.15, -0.1) is 0 Å². The Morgan fingerprint density at radius 2 is 2.22 bits per heavy atom. The second-order valence-electron chi connectivity index (χ2n) is 6.38. The molecule has 0 unspecified atom stereocenters. The quantitative estimate of drug-likeness (QED) is 0.838. The van der Waals surface area contributed by atoms with Crippen molar-refractivity contribution >= 4 is 6.08 Å². The lowest BCUT2D eigenvalue weighted by Gasteiger charge is -2.32. The van der Waals surface area contributed by atoms with Gasteiger partial charge in [-0.1, -0.05) is 25.1 Å². The standard InChI is InChI=1S/C19H29NO3/c1-4-6-16-8-9-18(19(11-16)22-3)23-14-17(21)13-20-10-5-7-15(2)12-20/h4,6,8-9,11,15,17,21H,5,7,10,12-14H2,1-3H3/b6-4+/t15-,17+/m0/s1. The van der Waals surface area contributed by atoms with Gasteiger partial charge >= 0.3 is 0 Å². The molecule has 1 aliphatic rings. The van der Waals surface area contributed by atoms with Crippen LogP contribution in [0.4, 0.5) is 0 Å². The van der Waals surface area contributed by atoms with Crippen LogP contribution in [0.3, 0.4) is 0 Å². The van der Waals surface area contributed by atoms with Crippen LogP contribution in [0.15, 0.2) is 24.3 Å². The highest BCUT2D eigenvalue weighted by molar-refractivity contribution is 5.55. The van der Waals surface area contributed by atoms with E-state index in [4.69, 9.17) is 9.47 Å². The molecule has 128 valence electrons. The first-order chi connectivity index (χ1) is 11.1. The van der Waals surface area contributed by atoms with Crippen molar-refractivity contribution in [3.63, 3.8) is 0 Å². The van der Waals surface area contributed by atoms with Gasteiger partial charge in [-0.3, -0.25) is 0 Å². The van der Waals surface area contributed by atoms with E-state index in [1.807, 2.05) is 37.3 Å². The molecular weight excluding hydrogens is 290 g/mol. The van der Waals surface area contributed by atoms with Gasteiger partial charge in [0.2, 0.25) is 0 Å². The molecule has 0 aliphatic carbocycles. The molecule has 0 radical (unpaired) electrons. The van der Waals surface area contributed by atoms with Gasteiger partial charge in [0.15, 0.2) is 11.5 Å². The van der Waals surface area contributed by atoms with Crippen LogP contribution in [-0.4, -0.2) is 49.5 Å². The summed E-state index contributed by atoms with van der Waals surface area (Å²) in [7, 11) is 1.63. The van der Waals surface area contributed by atoms with E-state index in [-0.39, 0.29) is 6.61 Å². The zero-order chi connectivity index (χ0) is 16.7. The Hall–Kier alpha value is -1.52. The first kappa shape index (κ1) is 17.8. The summed E-state index contributed by atoms with van der Waals surface area (Å²) < 4.78 is 11.1. The molecule has 1 N–H and O–H groups in total. The highest BCUT2D eigenvalue weighted by atomic mass is 16.5. The van der Waals surface area contributed by atoms with Gasteiger partial charge in [0, 0.05) is 13.1 Å². The molecule has 4 nitrogen and oxygen atoms in total. The molecule has 1 saturated heterocycles. The van der Waals surface area contributed by atoms with E-state index >= 15 is 0 Å². The van der Waals surface area contributed by atoms with E-state index in [0.29, 0.717) is 18.0 Å². The summed E-state index contributed by atoms with van der Waals surface area (Å²) in [6.07, 6.45) is 6.02. The maximum absolute atomic E-state index is 10.2. The maximum Gasteiger partial charge on any atom is 0.161 e. The number of rotatable bonds is 7. The van der Waals surface area contributed by atoms with E-state index in [1.54, 1.807) is 7.11 Å². The van der Waals surface area contributed by atoms with Crippen molar-refractivity contribution in [3.8, 4) is 11.5 Å². The summed E-state index contributed by atoms with van der Waals surface area (Å²) in [5.41, 5.74) is 1.07. The Bertz CT molecular complexity index is 515. The van der Waals surface area contributed by atoms with Crippen LogP contribution in [0, 0.1) is 5.92 Å². The summed E-state index contributed by atoms with van der Waals surface area (Å²) in [4.78, 5) is 2.33. The third kappa shape index (κ3) is 5.56. The number of likely N-dealkylation sites (tertiary alicyclic amines) is 1. The highest BCUT2D eigenvalue weighted by Crippen LogP contribution is 2.28. The number of benzene rings is 1. The first-order valence-electron chi connectivity index (χ1n) is 8.46. The SMILES string of the molecule is C/C=C/c1ccc(OC[C@H](O)CN2CCC[C@H](C)C2)c(OC)c1. The summed E-state index contributed by atoms with van der Waals surface area (Å²) >= 11 is 0. The number of methoxy groups -OCH3 is 1. The zero-order valence-corrected chi connectivity index (χ0v) is 14.5. The van der Waals surface area contributed by atoms with Gasteiger partial charge in [-0.05, 0) is 49.9 Å². The Morgan fingerprint density at radius 3 is 2.91 bits per heavy atom. The number of hydrogen-bond acceptors (Lipinski definition) is 4. The van der Waals surface area contributed by atoms with Crippen molar-refractivity contribution in [3.05, 3.63) is 29.8 Å². The lowest BCUT2D eigenvalue weighted by Crippen LogP contribution is -2.41. The van der Waals surface area contributed by atoms with Gasteiger partial charge in [-0.2, -0.15) is 0 Å². The fourth-order valence-electron chi connectivity index (χ4n) is 3.09. The van der Waals surface area contributed by atoms with Gasteiger partial charge in [0.05, 0.1) is 7.11 Å². The highest BCUT2D eigenvalue weighted by Gasteiger charge is 2.19. The van der Waals surface area contributed by atoms with Gasteiger partial charge in [0.25, 0.3) is 0 Å². The molecule has 2 rings (SSSR count). The van der Waals surface area contributed by atoms with Crippen LogP contribution in [0.1, 0.15) is 32.3 Å². The Morgan fingerprint density at radius 1 is 1.39 bits per heavy atom. The number of ether oxygens (including phenoxy) is 2. The van der Waals surface area contributed by atoms with Gasteiger partial charge < -0.3 is 19.5 Å². The summed E-state index contributed by atoms with van der Waals surface area (Å²) in [5, 5.41) is 10.2. The second kappa shape index (κ2) is 8.94. The predicted octanol–water partition coefficient (Wildman–Crippen LogP) is 3.20. The van der Waals surface area contributed by atoms with Crippen molar-refractivity contribution in [2.75, 3.05) is 33.4 Å². The molecule has 1 aromatic rings. The first-order valence-corrected chi connectivity index (χ1v) is 8.46. The average Bonchev–Trinajstić information content (AvgIpc) is 2.54. The number of hydrogen-bond donors (Lipinski definition) is 1. The van der Waals surface area contributed by atoms with Crippen molar-refractivity contribution in [2.24, 2.45) is 5.92 Å². The lowest BCUT2D eigenvalue weighted by atomic mass is 10.0. The molecule has 23 heavy (non-hydrogen) atoms. The van der Waals surface area contributed by atoms with E-state index in [0.717, 1.165) is 24.6 Å². The number of nitrogens with zero attached hydrogens (tertiary/aromatic N) is 1. The number of aliphatic hydroxyl groups is 1. The topological polar surface area (TPSA) is 41.9 Å². The molecule has 1 aromatic carbocycles. The van der Waals surface area contributed by atoms with Crippen LogP contribution in [0.25, 0.3) is 6.08 Å². The Balaban J connectivity index is 1.87. The fourth-order valence-corrected chi connectivity index (χ4v) is 3.09. The number of piperidine rings is 1. The third-order valence-electron chi connectivity index (χ3n) is 4.19. The third-order valence-corrected chi connectivity index (χ3v) is 4.19.